The Kier molecular flexibility index (Phi) is 5.92. The highest BCUT2D eigenvalue weighted by Gasteiger charge is 2.17. The lowest BCUT2D eigenvalue weighted by Gasteiger charge is -2.19. The summed E-state index contributed by atoms with van der Waals surface area (Å²) in [5.41, 5.74) is 0. The second-order valence-electron chi connectivity index (χ2n) is 3.45. The Morgan fingerprint density at radius 2 is 2.00 bits per heavy atom. The molecule has 0 aliphatic heterocycles. The van der Waals surface area contributed by atoms with Crippen LogP contribution in [0.3, 0.4) is 0 Å². The number of amides is 1. The molecule has 0 saturated heterocycles. The quantitative estimate of drug-likeness (QED) is 0.625. The van der Waals surface area contributed by atoms with Crippen molar-refractivity contribution < 1.29 is 14.3 Å². The molecule has 0 aromatic heterocycles. The van der Waals surface area contributed by atoms with E-state index in [9.17, 15) is 9.59 Å². The molecule has 0 spiro atoms. The maximum Gasteiger partial charge on any atom is 0.310 e. The van der Waals surface area contributed by atoms with Crippen molar-refractivity contribution in [2.45, 2.75) is 26.7 Å². The molecule has 14 heavy (non-hydrogen) atoms. The summed E-state index contributed by atoms with van der Waals surface area (Å²) in [4.78, 5) is 24.0. The molecule has 0 heterocycles. The average molecular weight is 201 g/mol. The molecule has 0 fully saturated rings. The molecular weight excluding hydrogens is 182 g/mol. The highest BCUT2D eigenvalue weighted by atomic mass is 16.5. The maximum absolute atomic E-state index is 11.4. The average Bonchev–Trinajstić information content (AvgIpc) is 2.16. The third-order valence-corrected chi connectivity index (χ3v) is 2.04. The van der Waals surface area contributed by atoms with Gasteiger partial charge in [0, 0.05) is 20.0 Å². The Balaban J connectivity index is 3.98. The minimum atomic E-state index is -0.277. The van der Waals surface area contributed by atoms with Crippen LogP contribution in [0.1, 0.15) is 26.7 Å². The van der Waals surface area contributed by atoms with Gasteiger partial charge in [0.1, 0.15) is 0 Å². The van der Waals surface area contributed by atoms with Gasteiger partial charge in [0.05, 0.1) is 13.0 Å². The monoisotopic (exact) mass is 201 g/mol. The van der Waals surface area contributed by atoms with E-state index in [1.807, 2.05) is 6.92 Å². The maximum atomic E-state index is 11.4. The zero-order valence-corrected chi connectivity index (χ0v) is 9.37. The molecule has 0 aromatic rings. The Hall–Kier alpha value is -1.06. The standard InChI is InChI=1S/C10H19NO3/c1-5-6-9(12)11(3)7-8(2)10(13)14-4/h8H,5-7H2,1-4H3. The molecule has 82 valence electrons. The molecule has 0 radical (unpaired) electrons. The van der Waals surface area contributed by atoms with Crippen LogP contribution in [-0.4, -0.2) is 37.5 Å². The number of carbonyl (C=O) groups excluding carboxylic acids is 2. The molecule has 1 amide bonds. The Labute approximate surface area is 85.2 Å². The zero-order chi connectivity index (χ0) is 11.1. The Morgan fingerprint density at radius 1 is 1.43 bits per heavy atom. The fourth-order valence-corrected chi connectivity index (χ4v) is 1.19. The van der Waals surface area contributed by atoms with Crippen LogP contribution < -0.4 is 0 Å². The van der Waals surface area contributed by atoms with Crippen LogP contribution in [0, 0.1) is 5.92 Å². The number of esters is 1. The van der Waals surface area contributed by atoms with Gasteiger partial charge in [0.25, 0.3) is 0 Å². The zero-order valence-electron chi connectivity index (χ0n) is 9.37. The molecule has 0 bridgehead atoms. The number of carbonyl (C=O) groups is 2. The molecule has 0 aromatic carbocycles. The van der Waals surface area contributed by atoms with Gasteiger partial charge in [-0.1, -0.05) is 13.8 Å². The van der Waals surface area contributed by atoms with Crippen LogP contribution in [-0.2, 0) is 14.3 Å². The van der Waals surface area contributed by atoms with Gasteiger partial charge >= 0.3 is 5.97 Å². The lowest BCUT2D eigenvalue weighted by Crippen LogP contribution is -2.33. The van der Waals surface area contributed by atoms with Crippen LogP contribution in [0.5, 0.6) is 0 Å². The molecule has 0 N–H and O–H groups in total. The van der Waals surface area contributed by atoms with E-state index in [0.717, 1.165) is 6.42 Å². The first-order chi connectivity index (χ1) is 6.52. The van der Waals surface area contributed by atoms with Crippen molar-refractivity contribution in [2.75, 3.05) is 20.7 Å². The molecule has 1 unspecified atom stereocenters. The second kappa shape index (κ2) is 6.40. The lowest BCUT2D eigenvalue weighted by atomic mass is 10.1. The predicted octanol–water partition coefficient (Wildman–Crippen LogP) is 1.05. The predicted molar refractivity (Wildman–Crippen MR) is 53.7 cm³/mol. The van der Waals surface area contributed by atoms with Gasteiger partial charge in [-0.2, -0.15) is 0 Å². The normalized spacial score (nSPS) is 12.0. The van der Waals surface area contributed by atoms with Gasteiger partial charge in [-0.15, -0.1) is 0 Å². The number of ether oxygens (including phenoxy) is 1. The lowest BCUT2D eigenvalue weighted by molar-refractivity contribution is -0.146. The van der Waals surface area contributed by atoms with Crippen LogP contribution in [0.2, 0.25) is 0 Å². The van der Waals surface area contributed by atoms with Crippen molar-refractivity contribution in [3.05, 3.63) is 0 Å². The van der Waals surface area contributed by atoms with Gasteiger partial charge < -0.3 is 9.64 Å². The fourth-order valence-electron chi connectivity index (χ4n) is 1.19. The molecule has 4 heteroatoms. The van der Waals surface area contributed by atoms with E-state index in [-0.39, 0.29) is 17.8 Å². The number of methoxy groups -OCH3 is 1. The highest BCUT2D eigenvalue weighted by molar-refractivity contribution is 5.77. The van der Waals surface area contributed by atoms with Gasteiger partial charge in [0.2, 0.25) is 5.91 Å². The SMILES string of the molecule is CCCC(=O)N(C)CC(C)C(=O)OC. The van der Waals surface area contributed by atoms with Crippen LogP contribution in [0.25, 0.3) is 0 Å². The molecular formula is C10H19NO3. The number of hydrogen-bond donors (Lipinski definition) is 0. The molecule has 1 atom stereocenters. The molecule has 0 aliphatic rings. The summed E-state index contributed by atoms with van der Waals surface area (Å²) in [6.07, 6.45) is 1.36. The number of hydrogen-bond acceptors (Lipinski definition) is 3. The van der Waals surface area contributed by atoms with Crippen molar-refractivity contribution in [1.82, 2.24) is 4.90 Å². The number of rotatable bonds is 5. The van der Waals surface area contributed by atoms with E-state index in [0.29, 0.717) is 13.0 Å². The van der Waals surface area contributed by atoms with Crippen molar-refractivity contribution in [1.29, 1.82) is 0 Å². The Morgan fingerprint density at radius 3 is 2.43 bits per heavy atom. The van der Waals surface area contributed by atoms with Gasteiger partial charge in [-0.25, -0.2) is 0 Å². The largest absolute Gasteiger partial charge is 0.469 e. The first kappa shape index (κ1) is 12.9. The topological polar surface area (TPSA) is 46.6 Å². The van der Waals surface area contributed by atoms with E-state index in [1.54, 1.807) is 18.9 Å². The summed E-state index contributed by atoms with van der Waals surface area (Å²) < 4.78 is 4.58. The van der Waals surface area contributed by atoms with E-state index in [2.05, 4.69) is 4.74 Å². The van der Waals surface area contributed by atoms with Crippen molar-refractivity contribution in [3.63, 3.8) is 0 Å². The van der Waals surface area contributed by atoms with Gasteiger partial charge in [-0.3, -0.25) is 9.59 Å². The first-order valence-corrected chi connectivity index (χ1v) is 4.84. The van der Waals surface area contributed by atoms with E-state index in [4.69, 9.17) is 0 Å². The summed E-state index contributed by atoms with van der Waals surface area (Å²) in [5.74, 6) is -0.463. The third-order valence-electron chi connectivity index (χ3n) is 2.04. The fraction of sp³-hybridized carbons (Fsp3) is 0.800. The van der Waals surface area contributed by atoms with Gasteiger partial charge in [0.15, 0.2) is 0 Å². The summed E-state index contributed by atoms with van der Waals surface area (Å²) in [6, 6.07) is 0. The molecule has 4 nitrogen and oxygen atoms in total. The smallest absolute Gasteiger partial charge is 0.310 e. The minimum absolute atomic E-state index is 0.0725. The van der Waals surface area contributed by atoms with Crippen LogP contribution in [0.4, 0.5) is 0 Å². The van der Waals surface area contributed by atoms with Crippen LogP contribution in [0.15, 0.2) is 0 Å². The summed E-state index contributed by atoms with van der Waals surface area (Å²) >= 11 is 0. The van der Waals surface area contributed by atoms with E-state index < -0.39 is 0 Å². The number of nitrogens with zero attached hydrogens (tertiary/aromatic N) is 1. The summed E-state index contributed by atoms with van der Waals surface area (Å²) in [5, 5.41) is 0. The first-order valence-electron chi connectivity index (χ1n) is 4.84. The third kappa shape index (κ3) is 4.25. The van der Waals surface area contributed by atoms with E-state index >= 15 is 0 Å². The summed E-state index contributed by atoms with van der Waals surface area (Å²) in [7, 11) is 3.06. The second-order valence-corrected chi connectivity index (χ2v) is 3.45. The molecule has 0 aliphatic carbocycles. The Bertz CT molecular complexity index is 204. The molecule has 0 rings (SSSR count). The van der Waals surface area contributed by atoms with Crippen molar-refractivity contribution in [3.8, 4) is 0 Å². The van der Waals surface area contributed by atoms with Crippen molar-refractivity contribution in [2.24, 2.45) is 5.92 Å². The van der Waals surface area contributed by atoms with Crippen molar-refractivity contribution >= 4 is 11.9 Å². The van der Waals surface area contributed by atoms with E-state index in [1.165, 1.54) is 7.11 Å². The van der Waals surface area contributed by atoms with Crippen LogP contribution >= 0.6 is 0 Å². The molecule has 0 saturated carbocycles. The highest BCUT2D eigenvalue weighted by Crippen LogP contribution is 2.03. The summed E-state index contributed by atoms with van der Waals surface area (Å²) in [6.45, 7) is 4.13. The van der Waals surface area contributed by atoms with Gasteiger partial charge in [-0.05, 0) is 6.42 Å². The minimum Gasteiger partial charge on any atom is -0.469 e.